The highest BCUT2D eigenvalue weighted by molar-refractivity contribution is 6.28. The first kappa shape index (κ1) is 16.9. The van der Waals surface area contributed by atoms with Crippen molar-refractivity contribution in [2.75, 3.05) is 19.0 Å². The highest BCUT2D eigenvalue weighted by Crippen LogP contribution is 2.33. The Morgan fingerprint density at radius 1 is 1.35 bits per heavy atom. The smallest absolute Gasteiger partial charge is 0.226 e. The average Bonchev–Trinajstić information content (AvgIpc) is 3.08. The molecule has 1 aliphatic heterocycles. The molecule has 136 valence electrons. The van der Waals surface area contributed by atoms with Crippen molar-refractivity contribution in [1.82, 2.24) is 19.5 Å². The van der Waals surface area contributed by atoms with Crippen molar-refractivity contribution in [2.24, 2.45) is 0 Å². The van der Waals surface area contributed by atoms with Crippen LogP contribution in [0.3, 0.4) is 0 Å². The van der Waals surface area contributed by atoms with Gasteiger partial charge >= 0.3 is 0 Å². The quantitative estimate of drug-likeness (QED) is 0.531. The molecule has 1 aliphatic rings. The maximum atomic E-state index is 10.1. The van der Waals surface area contributed by atoms with Crippen molar-refractivity contribution in [3.8, 4) is 11.5 Å². The summed E-state index contributed by atoms with van der Waals surface area (Å²) in [6.45, 7) is 0.714. The average molecular weight is 376 g/mol. The summed E-state index contributed by atoms with van der Waals surface area (Å²) >= 11 is 6.12. The van der Waals surface area contributed by atoms with Crippen LogP contribution < -0.4 is 10.1 Å². The van der Waals surface area contributed by atoms with Crippen LogP contribution in [-0.4, -0.2) is 38.3 Å². The van der Waals surface area contributed by atoms with Crippen LogP contribution in [0.5, 0.6) is 11.5 Å². The lowest BCUT2D eigenvalue weighted by Crippen LogP contribution is -2.17. The number of phenolic OH excluding ortho intramolecular Hbond substituents is 1. The SMILES string of the molecule is COc1ccc(O)c(Nc2nc(Cl)nc3c2ncn3C2CCCCO2)c1. The lowest BCUT2D eigenvalue weighted by molar-refractivity contribution is -0.0298. The number of fused-ring (bicyclic) bond motifs is 1. The Hall–Kier alpha value is -2.58. The number of aromatic hydroxyl groups is 1. The summed E-state index contributed by atoms with van der Waals surface area (Å²) in [5.74, 6) is 1.06. The van der Waals surface area contributed by atoms with Crippen LogP contribution in [0.15, 0.2) is 24.5 Å². The van der Waals surface area contributed by atoms with E-state index in [0.29, 0.717) is 35.0 Å². The standard InChI is InChI=1S/C17H18ClN5O3/c1-25-10-5-6-12(24)11(8-10)20-15-14-16(22-17(18)21-15)23(9-19-14)13-4-2-3-7-26-13/h5-6,8-9,13,24H,2-4,7H2,1H3,(H,20,21,22). The van der Waals surface area contributed by atoms with E-state index in [1.54, 1.807) is 25.6 Å². The third-order valence-electron chi connectivity index (χ3n) is 4.32. The Balaban J connectivity index is 1.75. The zero-order chi connectivity index (χ0) is 18.1. The van der Waals surface area contributed by atoms with E-state index in [9.17, 15) is 5.11 Å². The van der Waals surface area contributed by atoms with E-state index in [1.165, 1.54) is 6.07 Å². The molecule has 0 aliphatic carbocycles. The molecule has 9 heteroatoms. The van der Waals surface area contributed by atoms with Crippen LogP contribution in [0.1, 0.15) is 25.5 Å². The molecule has 1 unspecified atom stereocenters. The molecule has 2 N–H and O–H groups in total. The first-order chi connectivity index (χ1) is 12.7. The fraction of sp³-hybridized carbons (Fsp3) is 0.353. The number of phenols is 1. The van der Waals surface area contributed by atoms with Gasteiger partial charge in [-0.1, -0.05) is 0 Å². The number of aromatic nitrogens is 4. The summed E-state index contributed by atoms with van der Waals surface area (Å²) in [5, 5.41) is 13.3. The molecule has 3 heterocycles. The Bertz CT molecular complexity index is 940. The minimum atomic E-state index is -0.113. The molecule has 1 fully saturated rings. The highest BCUT2D eigenvalue weighted by Gasteiger charge is 2.21. The number of benzene rings is 1. The number of anilines is 2. The molecule has 0 spiro atoms. The monoisotopic (exact) mass is 375 g/mol. The number of nitrogens with one attached hydrogen (secondary N) is 1. The minimum Gasteiger partial charge on any atom is -0.506 e. The number of nitrogens with zero attached hydrogens (tertiary/aromatic N) is 4. The highest BCUT2D eigenvalue weighted by atomic mass is 35.5. The molecule has 0 radical (unpaired) electrons. The normalized spacial score (nSPS) is 17.4. The molecule has 0 bridgehead atoms. The molecule has 0 saturated carbocycles. The van der Waals surface area contributed by atoms with Gasteiger partial charge in [0.2, 0.25) is 5.28 Å². The molecular formula is C17H18ClN5O3. The number of rotatable bonds is 4. The van der Waals surface area contributed by atoms with Gasteiger partial charge in [-0.25, -0.2) is 4.98 Å². The van der Waals surface area contributed by atoms with Crippen molar-refractivity contribution in [3.63, 3.8) is 0 Å². The predicted molar refractivity (Wildman–Crippen MR) is 97.1 cm³/mol. The fourth-order valence-corrected chi connectivity index (χ4v) is 3.17. The maximum Gasteiger partial charge on any atom is 0.226 e. The van der Waals surface area contributed by atoms with Gasteiger partial charge in [0.25, 0.3) is 0 Å². The molecular weight excluding hydrogens is 358 g/mol. The van der Waals surface area contributed by atoms with Gasteiger partial charge in [0.05, 0.1) is 19.1 Å². The number of methoxy groups -OCH3 is 1. The molecule has 8 nitrogen and oxygen atoms in total. The van der Waals surface area contributed by atoms with E-state index in [4.69, 9.17) is 21.1 Å². The molecule has 2 aromatic heterocycles. The zero-order valence-electron chi connectivity index (χ0n) is 14.1. The summed E-state index contributed by atoms with van der Waals surface area (Å²) < 4.78 is 12.9. The van der Waals surface area contributed by atoms with Crippen LogP contribution >= 0.6 is 11.6 Å². The largest absolute Gasteiger partial charge is 0.506 e. The predicted octanol–water partition coefficient (Wildman–Crippen LogP) is 3.64. The van der Waals surface area contributed by atoms with Gasteiger partial charge in [0.15, 0.2) is 17.0 Å². The van der Waals surface area contributed by atoms with Gasteiger partial charge in [-0.2, -0.15) is 9.97 Å². The number of ether oxygens (including phenoxy) is 2. The lowest BCUT2D eigenvalue weighted by Gasteiger charge is -2.23. The van der Waals surface area contributed by atoms with Crippen LogP contribution in [-0.2, 0) is 4.74 Å². The minimum absolute atomic E-state index is 0.0590. The van der Waals surface area contributed by atoms with E-state index < -0.39 is 0 Å². The van der Waals surface area contributed by atoms with Gasteiger partial charge in [-0.05, 0) is 43.0 Å². The maximum absolute atomic E-state index is 10.1. The summed E-state index contributed by atoms with van der Waals surface area (Å²) in [5.41, 5.74) is 1.57. The van der Waals surface area contributed by atoms with E-state index in [1.807, 2.05) is 4.57 Å². The van der Waals surface area contributed by atoms with Crippen molar-refractivity contribution in [3.05, 3.63) is 29.8 Å². The van der Waals surface area contributed by atoms with Gasteiger partial charge in [0, 0.05) is 12.7 Å². The summed E-state index contributed by atoms with van der Waals surface area (Å²) in [6.07, 6.45) is 4.61. The summed E-state index contributed by atoms with van der Waals surface area (Å²) in [7, 11) is 1.56. The van der Waals surface area contributed by atoms with Crippen LogP contribution in [0.25, 0.3) is 11.2 Å². The summed E-state index contributed by atoms with van der Waals surface area (Å²) in [4.78, 5) is 13.0. The molecule has 1 atom stereocenters. The molecule has 1 saturated heterocycles. The van der Waals surface area contributed by atoms with Gasteiger partial charge in [-0.15, -0.1) is 0 Å². The first-order valence-electron chi connectivity index (χ1n) is 8.31. The molecule has 26 heavy (non-hydrogen) atoms. The number of halogens is 1. The second kappa shape index (κ2) is 6.97. The lowest BCUT2D eigenvalue weighted by atomic mass is 10.2. The van der Waals surface area contributed by atoms with E-state index in [-0.39, 0.29) is 17.3 Å². The molecule has 0 amide bonds. The third-order valence-corrected chi connectivity index (χ3v) is 4.49. The van der Waals surface area contributed by atoms with Crippen molar-refractivity contribution >= 4 is 34.3 Å². The molecule has 3 aromatic rings. The van der Waals surface area contributed by atoms with Crippen LogP contribution in [0.4, 0.5) is 11.5 Å². The second-order valence-electron chi connectivity index (χ2n) is 5.99. The van der Waals surface area contributed by atoms with Crippen molar-refractivity contribution in [1.29, 1.82) is 0 Å². The topological polar surface area (TPSA) is 94.3 Å². The zero-order valence-corrected chi connectivity index (χ0v) is 14.9. The number of hydrogen-bond donors (Lipinski definition) is 2. The van der Waals surface area contributed by atoms with Crippen molar-refractivity contribution < 1.29 is 14.6 Å². The van der Waals surface area contributed by atoms with E-state index in [2.05, 4.69) is 20.3 Å². The Morgan fingerprint density at radius 2 is 2.23 bits per heavy atom. The fourth-order valence-electron chi connectivity index (χ4n) is 3.00. The number of imidazole rings is 1. The Morgan fingerprint density at radius 3 is 3.00 bits per heavy atom. The van der Waals surface area contributed by atoms with Gasteiger partial charge in [0.1, 0.15) is 17.7 Å². The molecule has 4 rings (SSSR count). The van der Waals surface area contributed by atoms with Crippen LogP contribution in [0.2, 0.25) is 5.28 Å². The Kier molecular flexibility index (Phi) is 4.52. The Labute approximate surface area is 154 Å². The van der Waals surface area contributed by atoms with Crippen LogP contribution in [0, 0.1) is 0 Å². The van der Waals surface area contributed by atoms with Crippen molar-refractivity contribution in [2.45, 2.75) is 25.5 Å². The summed E-state index contributed by atoms with van der Waals surface area (Å²) in [6, 6.07) is 4.87. The molecule has 1 aromatic carbocycles. The first-order valence-corrected chi connectivity index (χ1v) is 8.69. The van der Waals surface area contributed by atoms with E-state index in [0.717, 1.165) is 19.3 Å². The van der Waals surface area contributed by atoms with Gasteiger partial charge in [-0.3, -0.25) is 4.57 Å². The number of hydrogen-bond acceptors (Lipinski definition) is 7. The second-order valence-corrected chi connectivity index (χ2v) is 6.33. The van der Waals surface area contributed by atoms with E-state index >= 15 is 0 Å². The third kappa shape index (κ3) is 3.13. The van der Waals surface area contributed by atoms with Gasteiger partial charge < -0.3 is 19.9 Å².